The van der Waals surface area contributed by atoms with Crippen molar-refractivity contribution in [2.45, 2.75) is 31.9 Å². The van der Waals surface area contributed by atoms with Crippen LogP contribution in [0.3, 0.4) is 0 Å². The van der Waals surface area contributed by atoms with E-state index < -0.39 is 20.5 Å². The van der Waals surface area contributed by atoms with Crippen LogP contribution in [0, 0.1) is 0 Å². The number of cyclic esters (lactones) is 1. The van der Waals surface area contributed by atoms with Crippen LogP contribution >= 0.6 is 11.6 Å². The van der Waals surface area contributed by atoms with Gasteiger partial charge in [0.05, 0.1) is 26.4 Å². The van der Waals surface area contributed by atoms with Crippen molar-refractivity contribution < 1.29 is 18.7 Å². The molecule has 5 rings (SSSR count). The molecular weight excluding hydrogens is 520 g/mol. The Morgan fingerprint density at radius 1 is 1.00 bits per heavy atom. The molecule has 200 valence electrons. The molecule has 0 radical (unpaired) electrons. The van der Waals surface area contributed by atoms with Crippen LogP contribution in [0.15, 0.2) is 66.7 Å². The number of aromatic nitrogens is 2. The maximum Gasteiger partial charge on any atom is 0.416 e. The van der Waals surface area contributed by atoms with Gasteiger partial charge in [0.25, 0.3) is 8.32 Å². The molecule has 0 aliphatic carbocycles. The summed E-state index contributed by atoms with van der Waals surface area (Å²) in [5.74, 6) is 0.903. The zero-order valence-corrected chi connectivity index (χ0v) is 23.7. The molecule has 1 atom stereocenters. The lowest BCUT2D eigenvalue weighted by Crippen LogP contribution is -2.67. The number of nitrogens with zero attached hydrogens (tertiary/aromatic N) is 4. The minimum absolute atomic E-state index is 0.175. The van der Waals surface area contributed by atoms with Crippen molar-refractivity contribution in [3.05, 3.63) is 71.9 Å². The van der Waals surface area contributed by atoms with E-state index >= 15 is 0 Å². The van der Waals surface area contributed by atoms with Gasteiger partial charge in [0.2, 0.25) is 5.95 Å². The van der Waals surface area contributed by atoms with Crippen molar-refractivity contribution in [2.24, 2.45) is 0 Å². The summed E-state index contributed by atoms with van der Waals surface area (Å²) in [6, 6.07) is 22.4. The largest absolute Gasteiger partial charge is 0.441 e. The molecule has 1 amide bonds. The first-order chi connectivity index (χ1) is 18.3. The summed E-state index contributed by atoms with van der Waals surface area (Å²) in [5, 5.41) is 2.46. The Morgan fingerprint density at radius 2 is 1.61 bits per heavy atom. The Bertz CT molecular complexity index is 1210. The number of morpholine rings is 1. The number of halogens is 1. The van der Waals surface area contributed by atoms with E-state index in [1.165, 1.54) is 15.3 Å². The van der Waals surface area contributed by atoms with E-state index in [2.05, 4.69) is 79.3 Å². The van der Waals surface area contributed by atoms with Crippen molar-refractivity contribution >= 4 is 48.2 Å². The Hall–Kier alpha value is -2.98. The van der Waals surface area contributed by atoms with E-state index in [0.717, 1.165) is 0 Å². The third-order valence-electron chi connectivity index (χ3n) is 7.02. The monoisotopic (exact) mass is 552 g/mol. The number of rotatable bonds is 7. The fourth-order valence-corrected chi connectivity index (χ4v) is 9.98. The average Bonchev–Trinajstić information content (AvgIpc) is 3.30. The van der Waals surface area contributed by atoms with Crippen LogP contribution in [0.25, 0.3) is 0 Å². The molecule has 2 aromatic carbocycles. The lowest BCUT2D eigenvalue weighted by molar-refractivity contribution is 0.101. The van der Waals surface area contributed by atoms with Gasteiger partial charge in [0.15, 0.2) is 0 Å². The SMILES string of the molecule is CC(C)(C)[Si](OCC1CN(c2cc(Cl)nc(N3CCOCC3)n2)C(=O)O1)(c1ccccc1)c1ccccc1. The van der Waals surface area contributed by atoms with E-state index in [-0.39, 0.29) is 16.8 Å². The van der Waals surface area contributed by atoms with E-state index in [9.17, 15) is 4.79 Å². The molecule has 2 aliphatic rings. The Kier molecular flexibility index (Phi) is 7.72. The number of benzene rings is 2. The second-order valence-electron chi connectivity index (χ2n) is 10.5. The molecule has 0 saturated carbocycles. The number of ether oxygens (including phenoxy) is 2. The lowest BCUT2D eigenvalue weighted by atomic mass is 10.2. The van der Waals surface area contributed by atoms with Crippen molar-refractivity contribution in [3.63, 3.8) is 0 Å². The summed E-state index contributed by atoms with van der Waals surface area (Å²) in [5.41, 5.74) is 0. The van der Waals surface area contributed by atoms with Gasteiger partial charge in [-0.25, -0.2) is 9.78 Å². The van der Waals surface area contributed by atoms with E-state index in [1.807, 2.05) is 17.0 Å². The highest BCUT2D eigenvalue weighted by atomic mass is 35.5. The molecule has 0 spiro atoms. The van der Waals surface area contributed by atoms with E-state index in [0.29, 0.717) is 44.6 Å². The van der Waals surface area contributed by atoms with Crippen LogP contribution < -0.4 is 20.2 Å². The summed E-state index contributed by atoms with van der Waals surface area (Å²) in [4.78, 5) is 25.5. The molecule has 3 heterocycles. The second kappa shape index (κ2) is 11.0. The number of anilines is 2. The molecule has 0 bridgehead atoms. The van der Waals surface area contributed by atoms with Crippen molar-refractivity contribution in [1.82, 2.24) is 9.97 Å². The highest BCUT2D eigenvalue weighted by molar-refractivity contribution is 6.99. The van der Waals surface area contributed by atoms with Crippen LogP contribution in [0.2, 0.25) is 10.2 Å². The minimum Gasteiger partial charge on any atom is -0.441 e. The smallest absolute Gasteiger partial charge is 0.416 e. The predicted octanol–water partition coefficient (Wildman–Crippen LogP) is 3.87. The highest BCUT2D eigenvalue weighted by Gasteiger charge is 2.51. The van der Waals surface area contributed by atoms with Gasteiger partial charge in [-0.2, -0.15) is 4.98 Å². The first-order valence-corrected chi connectivity index (χ1v) is 15.2. The van der Waals surface area contributed by atoms with Crippen LogP contribution in [-0.2, 0) is 13.9 Å². The molecule has 0 N–H and O–H groups in total. The number of hydrogen-bond acceptors (Lipinski definition) is 7. The van der Waals surface area contributed by atoms with E-state index in [4.69, 9.17) is 25.5 Å². The number of carbonyl (C=O) groups is 1. The summed E-state index contributed by atoms with van der Waals surface area (Å²) >= 11 is 6.33. The molecule has 2 saturated heterocycles. The quantitative estimate of drug-likeness (QED) is 0.325. The molecule has 2 aliphatic heterocycles. The molecule has 38 heavy (non-hydrogen) atoms. The van der Waals surface area contributed by atoms with Crippen LogP contribution in [0.4, 0.5) is 16.6 Å². The number of carbonyl (C=O) groups excluding carboxylic acids is 1. The van der Waals surface area contributed by atoms with Gasteiger partial charge < -0.3 is 18.8 Å². The Balaban J connectivity index is 1.39. The summed E-state index contributed by atoms with van der Waals surface area (Å²) in [6.45, 7) is 9.78. The second-order valence-corrected chi connectivity index (χ2v) is 15.2. The van der Waals surface area contributed by atoms with Crippen molar-refractivity contribution in [3.8, 4) is 0 Å². The third-order valence-corrected chi connectivity index (χ3v) is 12.2. The van der Waals surface area contributed by atoms with Crippen LogP contribution in [0.5, 0.6) is 0 Å². The summed E-state index contributed by atoms with van der Waals surface area (Å²) in [6.07, 6.45) is -0.923. The van der Waals surface area contributed by atoms with Gasteiger partial charge >= 0.3 is 6.09 Å². The normalized spacial score (nSPS) is 18.5. The fourth-order valence-electron chi connectivity index (χ4n) is 5.21. The molecule has 3 aromatic rings. The van der Waals surface area contributed by atoms with Gasteiger partial charge in [-0.3, -0.25) is 4.90 Å². The molecule has 2 fully saturated rings. The Morgan fingerprint density at radius 3 is 2.18 bits per heavy atom. The fraction of sp³-hybridized carbons (Fsp3) is 0.393. The molecule has 10 heteroatoms. The maximum atomic E-state index is 13.0. The van der Waals surface area contributed by atoms with E-state index in [1.54, 1.807) is 6.07 Å². The van der Waals surface area contributed by atoms with Gasteiger partial charge in [-0.05, 0) is 15.4 Å². The third kappa shape index (κ3) is 5.29. The van der Waals surface area contributed by atoms with Crippen molar-refractivity contribution in [1.29, 1.82) is 0 Å². The average molecular weight is 553 g/mol. The zero-order valence-electron chi connectivity index (χ0n) is 22.0. The summed E-state index contributed by atoms with van der Waals surface area (Å²) in [7, 11) is -2.76. The van der Waals surface area contributed by atoms with Crippen LogP contribution in [0.1, 0.15) is 20.8 Å². The minimum atomic E-state index is -2.76. The van der Waals surface area contributed by atoms with Gasteiger partial charge in [0, 0.05) is 19.2 Å². The first kappa shape index (κ1) is 26.6. The number of hydrogen-bond donors (Lipinski definition) is 0. The predicted molar refractivity (Wildman–Crippen MR) is 151 cm³/mol. The number of amides is 1. The van der Waals surface area contributed by atoms with Crippen LogP contribution in [-0.4, -0.2) is 69.9 Å². The first-order valence-electron chi connectivity index (χ1n) is 12.9. The molecule has 1 aromatic heterocycles. The standard InChI is InChI=1S/C28H33ClN4O4Si/c1-28(2,3)38(22-10-6-4-7-11-22,23-12-8-5-9-13-23)36-20-21-19-33(27(34)37-21)25-18-24(29)30-26(31-25)32-14-16-35-17-15-32/h4-13,18,21H,14-17,19-20H2,1-3H3. The van der Waals surface area contributed by atoms with Crippen molar-refractivity contribution in [2.75, 3.05) is 49.3 Å². The van der Waals surface area contributed by atoms with Gasteiger partial charge in [0.1, 0.15) is 17.1 Å². The van der Waals surface area contributed by atoms with Gasteiger partial charge in [-0.1, -0.05) is 93.0 Å². The lowest BCUT2D eigenvalue weighted by Gasteiger charge is -2.43. The topological polar surface area (TPSA) is 77.0 Å². The summed E-state index contributed by atoms with van der Waals surface area (Å²) < 4.78 is 18.2. The highest BCUT2D eigenvalue weighted by Crippen LogP contribution is 2.37. The molecule has 8 nitrogen and oxygen atoms in total. The maximum absolute atomic E-state index is 13.0. The molecule has 1 unspecified atom stereocenters. The Labute approximate surface area is 229 Å². The zero-order chi connectivity index (χ0) is 26.8. The van der Waals surface area contributed by atoms with Gasteiger partial charge in [-0.15, -0.1) is 0 Å². The molecular formula is C28H33ClN4O4Si.